The summed E-state index contributed by atoms with van der Waals surface area (Å²) in [7, 11) is 3.54. The van der Waals surface area contributed by atoms with E-state index in [9.17, 15) is 5.11 Å². The van der Waals surface area contributed by atoms with Gasteiger partial charge in [-0.25, -0.2) is 0 Å². The molecule has 3 heteroatoms. The lowest BCUT2D eigenvalue weighted by Crippen LogP contribution is -2.39. The first-order valence-electron chi connectivity index (χ1n) is 6.55. The number of ether oxygens (including phenoxy) is 1. The molecule has 1 aromatic rings. The first-order chi connectivity index (χ1) is 8.52. The third-order valence-electron chi connectivity index (χ3n) is 3.98. The molecule has 0 aromatic heterocycles. The van der Waals surface area contributed by atoms with Crippen LogP contribution in [0.4, 0.5) is 0 Å². The Bertz CT molecular complexity index is 440. The Morgan fingerprint density at radius 1 is 1.33 bits per heavy atom. The van der Waals surface area contributed by atoms with Crippen LogP contribution in [0, 0.1) is 19.8 Å². The maximum absolute atomic E-state index is 11.0. The molecule has 2 rings (SSSR count). The molecule has 1 saturated carbocycles. The Balaban J connectivity index is 2.49. The first-order valence-corrected chi connectivity index (χ1v) is 6.55. The number of aryl methyl sites for hydroxylation is 2. The number of hydrogen-bond donors (Lipinski definition) is 2. The fourth-order valence-corrected chi connectivity index (χ4v) is 2.59. The summed E-state index contributed by atoms with van der Waals surface area (Å²) in [6.45, 7) is 4.71. The van der Waals surface area contributed by atoms with Gasteiger partial charge in [0.25, 0.3) is 0 Å². The maximum atomic E-state index is 11.0. The molecule has 0 amide bonds. The summed E-state index contributed by atoms with van der Waals surface area (Å²) >= 11 is 0. The van der Waals surface area contributed by atoms with Crippen LogP contribution in [0.1, 0.15) is 29.5 Å². The Kier molecular flexibility index (Phi) is 3.64. The summed E-state index contributed by atoms with van der Waals surface area (Å²) in [5, 5.41) is 14.1. The van der Waals surface area contributed by atoms with Crippen LogP contribution < -0.4 is 10.1 Å². The van der Waals surface area contributed by atoms with Crippen molar-refractivity contribution in [2.75, 3.05) is 20.7 Å². The second-order valence-corrected chi connectivity index (χ2v) is 5.37. The lowest BCUT2D eigenvalue weighted by atomic mass is 9.86. The van der Waals surface area contributed by atoms with E-state index in [4.69, 9.17) is 4.74 Å². The van der Waals surface area contributed by atoms with E-state index in [-0.39, 0.29) is 0 Å². The zero-order valence-corrected chi connectivity index (χ0v) is 11.7. The molecule has 1 aromatic carbocycles. The van der Waals surface area contributed by atoms with Crippen molar-refractivity contribution in [1.82, 2.24) is 5.32 Å². The monoisotopic (exact) mass is 249 g/mol. The molecule has 1 unspecified atom stereocenters. The Labute approximate surface area is 109 Å². The van der Waals surface area contributed by atoms with Crippen molar-refractivity contribution in [3.8, 4) is 5.75 Å². The number of rotatable bonds is 5. The normalized spacial score (nSPS) is 18.5. The van der Waals surface area contributed by atoms with Gasteiger partial charge in [-0.15, -0.1) is 0 Å². The van der Waals surface area contributed by atoms with Gasteiger partial charge in [0.05, 0.1) is 7.11 Å². The Morgan fingerprint density at radius 3 is 2.44 bits per heavy atom. The minimum absolute atomic E-state index is 0.348. The summed E-state index contributed by atoms with van der Waals surface area (Å²) in [5.41, 5.74) is 2.50. The summed E-state index contributed by atoms with van der Waals surface area (Å²) in [4.78, 5) is 0. The van der Waals surface area contributed by atoms with E-state index in [1.165, 1.54) is 11.1 Å². The van der Waals surface area contributed by atoms with Gasteiger partial charge in [-0.2, -0.15) is 0 Å². The molecule has 0 spiro atoms. The zero-order valence-electron chi connectivity index (χ0n) is 11.7. The average Bonchev–Trinajstić information content (AvgIpc) is 3.16. The maximum Gasteiger partial charge on any atom is 0.125 e. The molecule has 1 atom stereocenters. The van der Waals surface area contributed by atoms with Crippen LogP contribution in [0.2, 0.25) is 0 Å². The number of aliphatic hydroxyl groups is 1. The molecular weight excluding hydrogens is 226 g/mol. The van der Waals surface area contributed by atoms with E-state index in [1.807, 2.05) is 13.1 Å². The highest BCUT2D eigenvalue weighted by molar-refractivity contribution is 5.46. The summed E-state index contributed by atoms with van der Waals surface area (Å²) < 4.78 is 5.46. The van der Waals surface area contributed by atoms with Gasteiger partial charge in [0.15, 0.2) is 0 Å². The van der Waals surface area contributed by atoms with Gasteiger partial charge in [0.2, 0.25) is 0 Å². The van der Waals surface area contributed by atoms with Gasteiger partial charge in [0, 0.05) is 12.1 Å². The number of methoxy groups -OCH3 is 1. The fraction of sp³-hybridized carbons (Fsp3) is 0.600. The fourth-order valence-electron chi connectivity index (χ4n) is 2.59. The molecule has 18 heavy (non-hydrogen) atoms. The van der Waals surface area contributed by atoms with Crippen molar-refractivity contribution >= 4 is 0 Å². The van der Waals surface area contributed by atoms with Crippen molar-refractivity contribution in [2.45, 2.75) is 32.3 Å². The van der Waals surface area contributed by atoms with Gasteiger partial charge in [0.1, 0.15) is 11.4 Å². The third kappa shape index (κ3) is 2.25. The Morgan fingerprint density at radius 2 is 1.94 bits per heavy atom. The molecule has 1 aliphatic rings. The van der Waals surface area contributed by atoms with Gasteiger partial charge in [-0.1, -0.05) is 0 Å². The molecule has 0 heterocycles. The van der Waals surface area contributed by atoms with Crippen LogP contribution in [0.25, 0.3) is 0 Å². The second kappa shape index (κ2) is 4.90. The highest BCUT2D eigenvalue weighted by Gasteiger charge is 2.46. The lowest BCUT2D eigenvalue weighted by Gasteiger charge is -2.30. The van der Waals surface area contributed by atoms with Crippen LogP contribution in [0.5, 0.6) is 5.75 Å². The van der Waals surface area contributed by atoms with Gasteiger partial charge < -0.3 is 15.2 Å². The molecule has 1 aliphatic carbocycles. The van der Waals surface area contributed by atoms with Crippen LogP contribution in [-0.4, -0.2) is 25.8 Å². The minimum Gasteiger partial charge on any atom is -0.496 e. The molecule has 3 nitrogen and oxygen atoms in total. The molecule has 0 bridgehead atoms. The largest absolute Gasteiger partial charge is 0.496 e. The van der Waals surface area contributed by atoms with E-state index in [0.717, 1.165) is 24.2 Å². The highest BCUT2D eigenvalue weighted by atomic mass is 16.5. The molecule has 100 valence electrons. The Hall–Kier alpha value is -1.06. The average molecular weight is 249 g/mol. The van der Waals surface area contributed by atoms with Gasteiger partial charge in [-0.3, -0.25) is 0 Å². The number of nitrogens with one attached hydrogen (secondary N) is 1. The van der Waals surface area contributed by atoms with Crippen molar-refractivity contribution in [2.24, 2.45) is 5.92 Å². The molecule has 1 fully saturated rings. The van der Waals surface area contributed by atoms with Crippen LogP contribution in [0.3, 0.4) is 0 Å². The molecule has 2 N–H and O–H groups in total. The molecule has 0 aliphatic heterocycles. The van der Waals surface area contributed by atoms with Crippen LogP contribution >= 0.6 is 0 Å². The summed E-state index contributed by atoms with van der Waals surface area (Å²) in [6.07, 6.45) is 2.18. The number of likely N-dealkylation sites (N-methyl/N-ethyl adjacent to an activating group) is 1. The van der Waals surface area contributed by atoms with E-state index < -0.39 is 5.60 Å². The number of hydrogen-bond acceptors (Lipinski definition) is 3. The van der Waals surface area contributed by atoms with Crippen LogP contribution in [-0.2, 0) is 5.60 Å². The molecule has 0 saturated heterocycles. The smallest absolute Gasteiger partial charge is 0.125 e. The molecule has 0 radical (unpaired) electrons. The SMILES string of the molecule is CNCC(O)(c1cc(C)c(C)cc1OC)C1CC1. The number of benzene rings is 1. The summed E-state index contributed by atoms with van der Waals surface area (Å²) in [5.74, 6) is 1.14. The van der Waals surface area contributed by atoms with E-state index in [2.05, 4.69) is 25.2 Å². The zero-order chi connectivity index (χ0) is 13.3. The topological polar surface area (TPSA) is 41.5 Å². The quantitative estimate of drug-likeness (QED) is 0.840. The van der Waals surface area contributed by atoms with Crippen molar-refractivity contribution in [3.63, 3.8) is 0 Å². The highest BCUT2D eigenvalue weighted by Crippen LogP contribution is 2.48. The van der Waals surface area contributed by atoms with Crippen molar-refractivity contribution in [1.29, 1.82) is 0 Å². The standard InChI is InChI=1S/C15H23NO2/c1-10-7-13(14(18-4)8-11(10)2)15(17,9-16-3)12-5-6-12/h7-8,12,16-17H,5-6,9H2,1-4H3. The van der Waals surface area contributed by atoms with E-state index in [0.29, 0.717) is 12.5 Å². The van der Waals surface area contributed by atoms with Crippen molar-refractivity contribution < 1.29 is 9.84 Å². The minimum atomic E-state index is -0.807. The predicted molar refractivity (Wildman–Crippen MR) is 73.0 cm³/mol. The van der Waals surface area contributed by atoms with Gasteiger partial charge >= 0.3 is 0 Å². The van der Waals surface area contributed by atoms with Crippen molar-refractivity contribution in [3.05, 3.63) is 28.8 Å². The third-order valence-corrected chi connectivity index (χ3v) is 3.98. The second-order valence-electron chi connectivity index (χ2n) is 5.37. The lowest BCUT2D eigenvalue weighted by molar-refractivity contribution is 0.0131. The van der Waals surface area contributed by atoms with E-state index >= 15 is 0 Å². The molecular formula is C15H23NO2. The van der Waals surface area contributed by atoms with Gasteiger partial charge in [-0.05, 0) is 62.9 Å². The summed E-state index contributed by atoms with van der Waals surface area (Å²) in [6, 6.07) is 4.09. The van der Waals surface area contributed by atoms with Crippen LogP contribution in [0.15, 0.2) is 12.1 Å². The van der Waals surface area contributed by atoms with E-state index in [1.54, 1.807) is 7.11 Å². The predicted octanol–water partition coefficient (Wildman–Crippen LogP) is 2.13. The first kappa shape index (κ1) is 13.4.